The molecule has 1 saturated carbocycles. The maximum atomic E-state index is 11.3. The molecule has 0 spiro atoms. The quantitative estimate of drug-likeness (QED) is 0.872. The molecule has 0 radical (unpaired) electrons. The van der Waals surface area contributed by atoms with E-state index in [1.54, 1.807) is 7.11 Å². The molecule has 1 aromatic heterocycles. The number of thiazole rings is 1. The molecule has 0 amide bonds. The van der Waals surface area contributed by atoms with Crippen molar-refractivity contribution in [3.8, 4) is 0 Å². The van der Waals surface area contributed by atoms with Crippen molar-refractivity contribution in [2.24, 2.45) is 5.92 Å². The van der Waals surface area contributed by atoms with E-state index >= 15 is 0 Å². The molecule has 1 heterocycles. The Hall–Kier alpha value is -1.14. The molecule has 2 rings (SSSR count). The van der Waals surface area contributed by atoms with Gasteiger partial charge in [-0.2, -0.15) is 0 Å². The third-order valence-corrected chi connectivity index (χ3v) is 5.58. The smallest absolute Gasteiger partial charge is 0.347 e. The van der Waals surface area contributed by atoms with Crippen LogP contribution in [0.1, 0.15) is 54.4 Å². The highest BCUT2D eigenvalue weighted by Crippen LogP contribution is 2.34. The van der Waals surface area contributed by atoms with Crippen LogP contribution in [0.25, 0.3) is 0 Å². The summed E-state index contributed by atoms with van der Waals surface area (Å²) in [6, 6.07) is 0.469. The van der Waals surface area contributed by atoms with Crippen molar-refractivity contribution in [3.05, 3.63) is 10.6 Å². The Labute approximate surface area is 129 Å². The lowest BCUT2D eigenvalue weighted by molar-refractivity contribution is 0.0697. The van der Waals surface area contributed by atoms with Gasteiger partial charge in [0, 0.05) is 20.2 Å². The van der Waals surface area contributed by atoms with Crippen LogP contribution in [0.2, 0.25) is 0 Å². The van der Waals surface area contributed by atoms with Crippen LogP contribution in [-0.2, 0) is 11.3 Å². The van der Waals surface area contributed by atoms with Gasteiger partial charge in [-0.25, -0.2) is 9.78 Å². The summed E-state index contributed by atoms with van der Waals surface area (Å²) >= 11 is 1.25. The average Bonchev–Trinajstić information content (AvgIpc) is 2.91. The summed E-state index contributed by atoms with van der Waals surface area (Å²) in [4.78, 5) is 18.2. The minimum Gasteiger partial charge on any atom is -0.477 e. The molecule has 118 valence electrons. The van der Waals surface area contributed by atoms with Crippen molar-refractivity contribution < 1.29 is 14.6 Å². The molecule has 5 nitrogen and oxygen atoms in total. The van der Waals surface area contributed by atoms with Crippen LogP contribution in [-0.4, -0.2) is 36.3 Å². The molecule has 6 heteroatoms. The van der Waals surface area contributed by atoms with Gasteiger partial charge in [0.1, 0.15) is 4.88 Å². The topological polar surface area (TPSA) is 62.7 Å². The highest BCUT2D eigenvalue weighted by atomic mass is 32.1. The molecular weight excluding hydrogens is 288 g/mol. The second kappa shape index (κ2) is 7.22. The fourth-order valence-corrected chi connectivity index (χ4v) is 3.93. The van der Waals surface area contributed by atoms with Crippen LogP contribution < -0.4 is 4.90 Å². The van der Waals surface area contributed by atoms with Gasteiger partial charge in [-0.3, -0.25) is 0 Å². The molecule has 0 unspecified atom stereocenters. The van der Waals surface area contributed by atoms with Gasteiger partial charge in [0.2, 0.25) is 0 Å². The van der Waals surface area contributed by atoms with E-state index in [0.29, 0.717) is 16.6 Å². The Bertz CT molecular complexity index is 481. The first-order valence-corrected chi connectivity index (χ1v) is 8.33. The van der Waals surface area contributed by atoms with E-state index in [1.165, 1.54) is 30.6 Å². The van der Waals surface area contributed by atoms with Crippen molar-refractivity contribution in [3.63, 3.8) is 0 Å². The van der Waals surface area contributed by atoms with Crippen LogP contribution in [0, 0.1) is 5.92 Å². The molecule has 1 aliphatic carbocycles. The number of methoxy groups -OCH3 is 1. The van der Waals surface area contributed by atoms with E-state index in [1.807, 2.05) is 7.05 Å². The summed E-state index contributed by atoms with van der Waals surface area (Å²) in [6.07, 6.45) is 6.10. The number of carboxylic acids is 1. The van der Waals surface area contributed by atoms with E-state index in [2.05, 4.69) is 16.8 Å². The van der Waals surface area contributed by atoms with Gasteiger partial charge in [-0.1, -0.05) is 24.7 Å². The molecule has 0 bridgehead atoms. The normalized spacial score (nSPS) is 22.2. The second-order valence-electron chi connectivity index (χ2n) is 5.70. The van der Waals surface area contributed by atoms with Gasteiger partial charge >= 0.3 is 5.97 Å². The van der Waals surface area contributed by atoms with E-state index < -0.39 is 5.97 Å². The van der Waals surface area contributed by atoms with Crippen LogP contribution in [0.5, 0.6) is 0 Å². The highest BCUT2D eigenvalue weighted by Gasteiger charge is 2.26. The molecule has 21 heavy (non-hydrogen) atoms. The molecule has 0 aliphatic heterocycles. The molecular formula is C15H24N2O3S. The van der Waals surface area contributed by atoms with Gasteiger partial charge < -0.3 is 14.7 Å². The van der Waals surface area contributed by atoms with E-state index in [-0.39, 0.29) is 6.61 Å². The van der Waals surface area contributed by atoms with E-state index in [9.17, 15) is 9.90 Å². The maximum Gasteiger partial charge on any atom is 0.347 e. The van der Waals surface area contributed by atoms with Crippen LogP contribution in [0.15, 0.2) is 0 Å². The first-order valence-electron chi connectivity index (χ1n) is 7.51. The predicted octanol–water partition coefficient (Wildman–Crippen LogP) is 3.39. The Morgan fingerprint density at radius 3 is 2.62 bits per heavy atom. The largest absolute Gasteiger partial charge is 0.477 e. The minimum absolute atomic E-state index is 0.245. The minimum atomic E-state index is -0.922. The van der Waals surface area contributed by atoms with Gasteiger partial charge in [0.05, 0.1) is 12.3 Å². The number of hydrogen-bond donors (Lipinski definition) is 1. The summed E-state index contributed by atoms with van der Waals surface area (Å²) in [5.74, 6) is -0.0709. The van der Waals surface area contributed by atoms with Gasteiger partial charge in [0.15, 0.2) is 5.13 Å². The van der Waals surface area contributed by atoms with Crippen molar-refractivity contribution >= 4 is 22.4 Å². The van der Waals surface area contributed by atoms with Crippen LogP contribution >= 0.6 is 11.3 Å². The Kier molecular flexibility index (Phi) is 5.58. The number of carbonyl (C=O) groups is 1. The highest BCUT2D eigenvalue weighted by molar-refractivity contribution is 7.17. The van der Waals surface area contributed by atoms with E-state index in [0.717, 1.165) is 23.9 Å². The standard InChI is InChI=1S/C15H24N2O3S/c1-4-10-5-7-11(8-6-10)17(2)15-16-12(9-20-3)13(21-15)14(18)19/h10-11H,4-9H2,1-3H3,(H,18,19). The number of ether oxygens (including phenoxy) is 1. The third kappa shape index (κ3) is 3.74. The number of carboxylic acid groups (broad SMARTS) is 1. The molecule has 1 aromatic rings. The fourth-order valence-electron chi connectivity index (χ4n) is 2.99. The number of aromatic carboxylic acids is 1. The monoisotopic (exact) mass is 312 g/mol. The Morgan fingerprint density at radius 2 is 2.10 bits per heavy atom. The molecule has 0 atom stereocenters. The zero-order valence-corrected chi connectivity index (χ0v) is 13.8. The van der Waals surface area contributed by atoms with Crippen molar-refractivity contribution in [1.82, 2.24) is 4.98 Å². The number of aromatic nitrogens is 1. The van der Waals surface area contributed by atoms with Crippen molar-refractivity contribution in [2.45, 2.75) is 51.7 Å². The Morgan fingerprint density at radius 1 is 1.43 bits per heavy atom. The summed E-state index contributed by atoms with van der Waals surface area (Å²) in [5.41, 5.74) is 0.527. The first-order chi connectivity index (χ1) is 10.1. The van der Waals surface area contributed by atoms with Gasteiger partial charge in [-0.15, -0.1) is 0 Å². The average molecular weight is 312 g/mol. The summed E-state index contributed by atoms with van der Waals surface area (Å²) in [5, 5.41) is 10.1. The predicted molar refractivity (Wildman–Crippen MR) is 84.2 cm³/mol. The lowest BCUT2D eigenvalue weighted by Crippen LogP contribution is -2.35. The van der Waals surface area contributed by atoms with E-state index in [4.69, 9.17) is 4.74 Å². The lowest BCUT2D eigenvalue weighted by Gasteiger charge is -2.34. The first kappa shape index (κ1) is 16.2. The molecule has 1 fully saturated rings. The SMILES string of the molecule is CCC1CCC(N(C)c2nc(COC)c(C(=O)O)s2)CC1. The van der Waals surface area contributed by atoms with Crippen molar-refractivity contribution in [2.75, 3.05) is 19.1 Å². The summed E-state index contributed by atoms with van der Waals surface area (Å²) in [7, 11) is 3.58. The number of nitrogens with zero attached hydrogens (tertiary/aromatic N) is 2. The molecule has 0 aromatic carbocycles. The third-order valence-electron chi connectivity index (χ3n) is 4.40. The summed E-state index contributed by atoms with van der Waals surface area (Å²) in [6.45, 7) is 2.50. The number of anilines is 1. The summed E-state index contributed by atoms with van der Waals surface area (Å²) < 4.78 is 5.05. The van der Waals surface area contributed by atoms with Gasteiger partial charge in [-0.05, 0) is 31.6 Å². The molecule has 0 saturated heterocycles. The molecule has 1 aliphatic rings. The van der Waals surface area contributed by atoms with Crippen LogP contribution in [0.4, 0.5) is 5.13 Å². The maximum absolute atomic E-state index is 11.3. The Balaban J connectivity index is 2.10. The second-order valence-corrected chi connectivity index (χ2v) is 6.68. The van der Waals surface area contributed by atoms with Crippen molar-refractivity contribution in [1.29, 1.82) is 0 Å². The zero-order chi connectivity index (χ0) is 15.4. The number of hydrogen-bond acceptors (Lipinski definition) is 5. The zero-order valence-electron chi connectivity index (χ0n) is 13.0. The van der Waals surface area contributed by atoms with Crippen LogP contribution in [0.3, 0.4) is 0 Å². The van der Waals surface area contributed by atoms with Gasteiger partial charge in [0.25, 0.3) is 0 Å². The number of rotatable bonds is 6. The lowest BCUT2D eigenvalue weighted by atomic mass is 9.84. The molecule has 1 N–H and O–H groups in total. The fraction of sp³-hybridized carbons (Fsp3) is 0.733.